The van der Waals surface area contributed by atoms with E-state index in [-0.39, 0.29) is 16.3 Å². The van der Waals surface area contributed by atoms with Crippen LogP contribution in [-0.4, -0.2) is 17.5 Å². The van der Waals surface area contributed by atoms with Gasteiger partial charge in [-0.25, -0.2) is 12.4 Å². The Morgan fingerprint density at radius 2 is 1.46 bits per heavy atom. The summed E-state index contributed by atoms with van der Waals surface area (Å²) in [5.74, 6) is -0.0330. The second-order valence-electron chi connectivity index (χ2n) is 6.17. The summed E-state index contributed by atoms with van der Waals surface area (Å²) in [5.41, 5.74) is 2.31. The van der Waals surface area contributed by atoms with Crippen molar-refractivity contribution >= 4 is 20.9 Å². The van der Waals surface area contributed by atoms with E-state index in [1.54, 1.807) is 54.6 Å². The standard InChI is InChI=1S/C21H17NO3S/c1-15-12-13-19-18(14-15)21(23)20(16-8-4-2-5-9-16)22(19)26(24,25)17-10-6-3-7-11-17/h2-14,23H,1H3. The van der Waals surface area contributed by atoms with Gasteiger partial charge in [-0.3, -0.25) is 0 Å². The first-order chi connectivity index (χ1) is 12.5. The van der Waals surface area contributed by atoms with Gasteiger partial charge in [0.25, 0.3) is 10.0 Å². The zero-order chi connectivity index (χ0) is 18.3. The maximum atomic E-state index is 13.4. The van der Waals surface area contributed by atoms with Crippen LogP contribution in [0.5, 0.6) is 5.75 Å². The number of aromatic hydroxyl groups is 1. The van der Waals surface area contributed by atoms with Gasteiger partial charge in [-0.15, -0.1) is 0 Å². The van der Waals surface area contributed by atoms with E-state index in [2.05, 4.69) is 0 Å². The van der Waals surface area contributed by atoms with Crippen molar-refractivity contribution in [3.8, 4) is 17.0 Å². The van der Waals surface area contributed by atoms with Crippen molar-refractivity contribution in [2.75, 3.05) is 0 Å². The molecule has 4 nitrogen and oxygen atoms in total. The summed E-state index contributed by atoms with van der Waals surface area (Å²) in [6, 6.07) is 22.7. The molecule has 26 heavy (non-hydrogen) atoms. The minimum absolute atomic E-state index is 0.0330. The van der Waals surface area contributed by atoms with E-state index < -0.39 is 10.0 Å². The van der Waals surface area contributed by atoms with Crippen LogP contribution in [0.1, 0.15) is 5.56 Å². The predicted octanol–water partition coefficient (Wildman–Crippen LogP) is 4.56. The number of rotatable bonds is 3. The van der Waals surface area contributed by atoms with Crippen LogP contribution >= 0.6 is 0 Å². The number of aryl methyl sites for hydroxylation is 1. The molecule has 1 N–H and O–H groups in total. The molecule has 130 valence electrons. The van der Waals surface area contributed by atoms with E-state index in [4.69, 9.17) is 0 Å². The van der Waals surface area contributed by atoms with Gasteiger partial charge in [-0.05, 0) is 31.2 Å². The fourth-order valence-corrected chi connectivity index (χ4v) is 4.72. The fourth-order valence-electron chi connectivity index (χ4n) is 3.16. The Balaban J connectivity index is 2.15. The highest BCUT2D eigenvalue weighted by atomic mass is 32.2. The summed E-state index contributed by atoms with van der Waals surface area (Å²) >= 11 is 0. The molecule has 5 heteroatoms. The Morgan fingerprint density at radius 1 is 0.846 bits per heavy atom. The maximum absolute atomic E-state index is 13.4. The molecule has 0 amide bonds. The molecule has 3 aromatic carbocycles. The van der Waals surface area contributed by atoms with Gasteiger partial charge in [-0.1, -0.05) is 60.2 Å². The minimum Gasteiger partial charge on any atom is -0.505 e. The van der Waals surface area contributed by atoms with E-state index in [0.717, 1.165) is 5.56 Å². The quantitative estimate of drug-likeness (QED) is 0.580. The molecule has 4 aromatic rings. The van der Waals surface area contributed by atoms with Crippen LogP contribution in [0.3, 0.4) is 0 Å². The van der Waals surface area contributed by atoms with Crippen molar-refractivity contribution < 1.29 is 13.5 Å². The van der Waals surface area contributed by atoms with Crippen LogP contribution in [0.15, 0.2) is 83.8 Å². The van der Waals surface area contributed by atoms with Gasteiger partial charge in [0.1, 0.15) is 11.4 Å². The molecule has 0 atom stereocenters. The van der Waals surface area contributed by atoms with Crippen LogP contribution in [0, 0.1) is 6.92 Å². The maximum Gasteiger partial charge on any atom is 0.268 e. The molecule has 0 radical (unpaired) electrons. The van der Waals surface area contributed by atoms with E-state index in [0.29, 0.717) is 16.5 Å². The van der Waals surface area contributed by atoms with Crippen LogP contribution in [0.2, 0.25) is 0 Å². The van der Waals surface area contributed by atoms with E-state index >= 15 is 0 Å². The highest BCUT2D eigenvalue weighted by molar-refractivity contribution is 7.90. The van der Waals surface area contributed by atoms with Gasteiger partial charge in [0.15, 0.2) is 0 Å². The average molecular weight is 363 g/mol. The number of hydrogen-bond acceptors (Lipinski definition) is 3. The van der Waals surface area contributed by atoms with Crippen molar-refractivity contribution in [3.05, 3.63) is 84.4 Å². The number of aromatic nitrogens is 1. The predicted molar refractivity (Wildman–Crippen MR) is 103 cm³/mol. The van der Waals surface area contributed by atoms with Crippen LogP contribution < -0.4 is 0 Å². The first-order valence-corrected chi connectivity index (χ1v) is 9.64. The van der Waals surface area contributed by atoms with Gasteiger partial charge in [0, 0.05) is 10.9 Å². The molecule has 1 aromatic heterocycles. The second kappa shape index (κ2) is 6.04. The average Bonchev–Trinajstić information content (AvgIpc) is 2.96. The highest BCUT2D eigenvalue weighted by Gasteiger charge is 2.27. The third-order valence-electron chi connectivity index (χ3n) is 4.38. The summed E-state index contributed by atoms with van der Waals surface area (Å²) in [4.78, 5) is 0.176. The van der Waals surface area contributed by atoms with Crippen LogP contribution in [0.25, 0.3) is 22.2 Å². The number of benzene rings is 3. The van der Waals surface area contributed by atoms with Gasteiger partial charge >= 0.3 is 0 Å². The lowest BCUT2D eigenvalue weighted by Crippen LogP contribution is -2.14. The Bertz CT molecular complexity index is 1190. The topological polar surface area (TPSA) is 59.3 Å². The molecular weight excluding hydrogens is 346 g/mol. The Labute approximate surface area is 152 Å². The van der Waals surface area contributed by atoms with Crippen molar-refractivity contribution in [1.82, 2.24) is 3.97 Å². The molecule has 0 saturated carbocycles. The zero-order valence-corrected chi connectivity index (χ0v) is 14.9. The number of hydrogen-bond donors (Lipinski definition) is 1. The highest BCUT2D eigenvalue weighted by Crippen LogP contribution is 2.41. The summed E-state index contributed by atoms with van der Waals surface area (Å²) in [7, 11) is -3.88. The van der Waals surface area contributed by atoms with Crippen molar-refractivity contribution in [1.29, 1.82) is 0 Å². The summed E-state index contributed by atoms with van der Waals surface area (Å²) in [6.07, 6.45) is 0. The first kappa shape index (κ1) is 16.4. The van der Waals surface area contributed by atoms with Gasteiger partial charge in [-0.2, -0.15) is 0 Å². The molecule has 0 spiro atoms. The molecule has 0 fully saturated rings. The summed E-state index contributed by atoms with van der Waals surface area (Å²) in [6.45, 7) is 1.91. The largest absolute Gasteiger partial charge is 0.505 e. The van der Waals surface area contributed by atoms with Gasteiger partial charge in [0.2, 0.25) is 0 Å². The van der Waals surface area contributed by atoms with Crippen LogP contribution in [0.4, 0.5) is 0 Å². The minimum atomic E-state index is -3.88. The second-order valence-corrected chi connectivity index (χ2v) is 7.95. The molecular formula is C21H17NO3S. The molecule has 1 heterocycles. The molecule has 0 bridgehead atoms. The van der Waals surface area contributed by atoms with Gasteiger partial charge in [0.05, 0.1) is 10.4 Å². The van der Waals surface area contributed by atoms with E-state index in [1.807, 2.05) is 31.2 Å². The van der Waals surface area contributed by atoms with Crippen molar-refractivity contribution in [2.24, 2.45) is 0 Å². The lowest BCUT2D eigenvalue weighted by atomic mass is 10.1. The lowest BCUT2D eigenvalue weighted by Gasteiger charge is -2.12. The summed E-state index contributed by atoms with van der Waals surface area (Å²) in [5, 5.41) is 11.4. The molecule has 0 unspecified atom stereocenters. The molecule has 0 aliphatic rings. The SMILES string of the molecule is Cc1ccc2c(c1)c(O)c(-c1ccccc1)n2S(=O)(=O)c1ccccc1. The monoisotopic (exact) mass is 363 g/mol. The molecule has 0 saturated heterocycles. The number of fused-ring (bicyclic) bond motifs is 1. The van der Waals surface area contributed by atoms with E-state index in [9.17, 15) is 13.5 Å². The Hall–Kier alpha value is -3.05. The normalized spacial score (nSPS) is 11.7. The van der Waals surface area contributed by atoms with Gasteiger partial charge < -0.3 is 5.11 Å². The molecule has 0 aliphatic carbocycles. The molecule has 0 aliphatic heterocycles. The molecule has 4 rings (SSSR count). The fraction of sp³-hybridized carbons (Fsp3) is 0.0476. The first-order valence-electron chi connectivity index (χ1n) is 8.20. The third kappa shape index (κ3) is 2.48. The van der Waals surface area contributed by atoms with Crippen molar-refractivity contribution in [3.63, 3.8) is 0 Å². The van der Waals surface area contributed by atoms with Crippen molar-refractivity contribution in [2.45, 2.75) is 11.8 Å². The number of nitrogens with zero attached hydrogens (tertiary/aromatic N) is 1. The zero-order valence-electron chi connectivity index (χ0n) is 14.1. The van der Waals surface area contributed by atoms with Crippen LogP contribution in [-0.2, 0) is 10.0 Å². The Morgan fingerprint density at radius 3 is 2.12 bits per heavy atom. The smallest absolute Gasteiger partial charge is 0.268 e. The summed E-state index contributed by atoms with van der Waals surface area (Å²) < 4.78 is 28.0. The lowest BCUT2D eigenvalue weighted by molar-refractivity contribution is 0.482. The third-order valence-corrected chi connectivity index (χ3v) is 6.11. The van der Waals surface area contributed by atoms with E-state index in [1.165, 1.54) is 3.97 Å². The Kier molecular flexibility index (Phi) is 3.81.